The quantitative estimate of drug-likeness (QED) is 0.476. The van der Waals surface area contributed by atoms with Crippen molar-refractivity contribution in [3.8, 4) is 17.4 Å². The third kappa shape index (κ3) is 7.94. The first-order valence-electron chi connectivity index (χ1n) is 11.4. The van der Waals surface area contributed by atoms with E-state index in [1.165, 1.54) is 37.7 Å². The molecule has 7 nitrogen and oxygen atoms in total. The van der Waals surface area contributed by atoms with Gasteiger partial charge in [-0.1, -0.05) is 19.3 Å². The molecule has 1 aliphatic carbocycles. The van der Waals surface area contributed by atoms with Gasteiger partial charge in [0.1, 0.15) is 0 Å². The van der Waals surface area contributed by atoms with E-state index in [1.54, 1.807) is 33.2 Å². The number of nitrogens with one attached hydrogen (secondary N) is 2. The Morgan fingerprint density at radius 2 is 1.88 bits per heavy atom. The summed E-state index contributed by atoms with van der Waals surface area (Å²) in [4.78, 5) is 16.5. The standard InChI is InChI=1S/C25H31BN4O3/c1-25(2,3)33-24(31)30-23(26-32-17-27)29-16-22-15-21(13-14-28-22)20-11-9-19(10-12-20)18-7-5-4-6-8-18/h9-15,18,29H,4-8,16H2,1-3H3,(H,30,31). The number of benzene rings is 1. The number of pyridine rings is 1. The van der Waals surface area contributed by atoms with Gasteiger partial charge < -0.3 is 0 Å². The summed E-state index contributed by atoms with van der Waals surface area (Å²) in [7, 11) is 1.12. The third-order valence-corrected chi connectivity index (χ3v) is 5.46. The molecule has 2 aromatic rings. The van der Waals surface area contributed by atoms with Crippen molar-refractivity contribution in [3.63, 3.8) is 0 Å². The molecule has 0 spiro atoms. The molecule has 0 atom stereocenters. The normalized spacial score (nSPS) is 14.5. The Morgan fingerprint density at radius 1 is 1.15 bits per heavy atom. The predicted molar refractivity (Wildman–Crippen MR) is 129 cm³/mol. The van der Waals surface area contributed by atoms with Gasteiger partial charge in [-0.05, 0) is 0 Å². The number of amides is 1. The van der Waals surface area contributed by atoms with Gasteiger partial charge >= 0.3 is 177 Å². The molecule has 1 fully saturated rings. The number of nitrogens with zero attached hydrogens (tertiary/aromatic N) is 2. The van der Waals surface area contributed by atoms with Crippen LogP contribution in [0.15, 0.2) is 42.6 Å². The molecule has 1 aromatic carbocycles. The number of hydrogen-bond acceptors (Lipinski definition) is 6. The third-order valence-electron chi connectivity index (χ3n) is 5.46. The van der Waals surface area contributed by atoms with Gasteiger partial charge in [0, 0.05) is 0 Å². The number of hydrogen-bond donors (Lipinski definition) is 2. The summed E-state index contributed by atoms with van der Waals surface area (Å²) in [6.07, 6.45) is 9.24. The van der Waals surface area contributed by atoms with Crippen LogP contribution in [0.4, 0.5) is 4.79 Å². The maximum atomic E-state index is 12.1. The van der Waals surface area contributed by atoms with Gasteiger partial charge in [-0.15, -0.1) is 0 Å². The van der Waals surface area contributed by atoms with Crippen molar-refractivity contribution in [1.82, 2.24) is 15.6 Å². The number of carbonyl (C=O) groups is 1. The Hall–Kier alpha value is -3.34. The summed E-state index contributed by atoms with van der Waals surface area (Å²) in [5.74, 6) is 0.684. The van der Waals surface area contributed by atoms with Crippen molar-refractivity contribution in [2.75, 3.05) is 0 Å². The molecule has 2 N–H and O–H groups in total. The van der Waals surface area contributed by atoms with Crippen LogP contribution >= 0.6 is 0 Å². The number of nitriles is 1. The molecule has 0 aliphatic heterocycles. The molecule has 172 valence electrons. The Morgan fingerprint density at radius 3 is 2.55 bits per heavy atom. The minimum absolute atomic E-state index is 0.204. The average Bonchev–Trinajstić information content (AvgIpc) is 2.80. The monoisotopic (exact) mass is 446 g/mol. The van der Waals surface area contributed by atoms with Gasteiger partial charge in [-0.25, -0.2) is 0 Å². The fraction of sp³-hybridized carbons (Fsp3) is 0.440. The second-order valence-electron chi connectivity index (χ2n) is 9.21. The molecular weight excluding hydrogens is 415 g/mol. The summed E-state index contributed by atoms with van der Waals surface area (Å²) < 4.78 is 9.91. The number of ether oxygens (including phenoxy) is 1. The van der Waals surface area contributed by atoms with Gasteiger partial charge in [-0.2, -0.15) is 0 Å². The van der Waals surface area contributed by atoms with Crippen molar-refractivity contribution in [2.24, 2.45) is 0 Å². The van der Waals surface area contributed by atoms with Gasteiger partial charge in [0.2, 0.25) is 0 Å². The Kier molecular flexibility index (Phi) is 8.48. The number of alkyl carbamates (subject to hydrolysis) is 1. The molecule has 1 saturated carbocycles. The molecule has 8 heteroatoms. The van der Waals surface area contributed by atoms with Crippen LogP contribution in [0.1, 0.15) is 70.1 Å². The Balaban J connectivity index is 1.64. The molecule has 33 heavy (non-hydrogen) atoms. The first-order chi connectivity index (χ1) is 15.8. The predicted octanol–water partition coefficient (Wildman–Crippen LogP) is 4.61. The minimum atomic E-state index is -0.650. The van der Waals surface area contributed by atoms with Crippen molar-refractivity contribution in [2.45, 2.75) is 70.9 Å². The average molecular weight is 446 g/mol. The molecule has 1 aliphatic rings. The van der Waals surface area contributed by atoms with Gasteiger partial charge in [-0.3, -0.25) is 0 Å². The maximum absolute atomic E-state index is 12.1. The molecule has 1 aromatic heterocycles. The first-order valence-corrected chi connectivity index (χ1v) is 11.4. The van der Waals surface area contributed by atoms with Crippen LogP contribution in [-0.2, 0) is 15.9 Å². The van der Waals surface area contributed by atoms with Crippen LogP contribution in [0.3, 0.4) is 0 Å². The van der Waals surface area contributed by atoms with E-state index in [4.69, 9.17) is 10.00 Å². The molecule has 0 radical (unpaired) electrons. The SMILES string of the molecule is CC(C)(C)OC(=O)NC(=BOC#N)NCc1cc(-c2ccc(C3CCCCC3)cc2)ccn1. The topological polar surface area (TPSA) is 96.3 Å². The zero-order valence-electron chi connectivity index (χ0n) is 19.6. The number of rotatable bonds is 7. The van der Waals surface area contributed by atoms with Crippen LogP contribution in [0.25, 0.3) is 11.1 Å². The van der Waals surface area contributed by atoms with E-state index in [2.05, 4.69) is 44.5 Å². The zero-order valence-corrected chi connectivity index (χ0v) is 19.6. The second kappa shape index (κ2) is 11.5. The van der Waals surface area contributed by atoms with Crippen LogP contribution in [0, 0.1) is 11.5 Å². The van der Waals surface area contributed by atoms with Crippen LogP contribution in [0.2, 0.25) is 0 Å². The van der Waals surface area contributed by atoms with E-state index in [-0.39, 0.29) is 5.71 Å². The molecular formula is C25H31BN4O3. The van der Waals surface area contributed by atoms with E-state index in [0.29, 0.717) is 12.5 Å². The second-order valence-corrected chi connectivity index (χ2v) is 9.21. The van der Waals surface area contributed by atoms with E-state index in [0.717, 1.165) is 23.9 Å². The zero-order chi connectivity index (χ0) is 23.7. The van der Waals surface area contributed by atoms with Crippen LogP contribution < -0.4 is 10.6 Å². The van der Waals surface area contributed by atoms with Crippen LogP contribution in [0.5, 0.6) is 0 Å². The fourth-order valence-corrected chi connectivity index (χ4v) is 3.94. The molecule has 1 amide bonds. The summed E-state index contributed by atoms with van der Waals surface area (Å²) in [6.45, 7) is 5.63. The van der Waals surface area contributed by atoms with Gasteiger partial charge in [0.15, 0.2) is 0 Å². The van der Waals surface area contributed by atoms with Crippen molar-refractivity contribution < 1.29 is 14.2 Å². The number of aromatic nitrogens is 1. The first kappa shape index (κ1) is 24.3. The van der Waals surface area contributed by atoms with Crippen molar-refractivity contribution in [1.29, 1.82) is 5.26 Å². The molecule has 0 unspecified atom stereocenters. The van der Waals surface area contributed by atoms with Crippen molar-refractivity contribution >= 4 is 18.9 Å². The van der Waals surface area contributed by atoms with E-state index in [1.807, 2.05) is 12.1 Å². The van der Waals surface area contributed by atoms with E-state index < -0.39 is 11.7 Å². The Bertz CT molecular complexity index is 1000. The van der Waals surface area contributed by atoms with Crippen molar-refractivity contribution in [3.05, 3.63) is 53.9 Å². The fourth-order valence-electron chi connectivity index (χ4n) is 3.94. The Labute approximate surface area is 196 Å². The summed E-state index contributed by atoms with van der Waals surface area (Å²) in [5.41, 5.74) is 3.96. The van der Waals surface area contributed by atoms with Crippen LogP contribution in [-0.4, -0.2) is 29.5 Å². The van der Waals surface area contributed by atoms with Gasteiger partial charge in [0.25, 0.3) is 0 Å². The van der Waals surface area contributed by atoms with E-state index >= 15 is 0 Å². The summed E-state index contributed by atoms with van der Waals surface area (Å²) in [6, 6.07) is 12.8. The van der Waals surface area contributed by atoms with E-state index in [9.17, 15) is 4.79 Å². The molecule has 0 bridgehead atoms. The summed E-state index contributed by atoms with van der Waals surface area (Å²) >= 11 is 0. The molecule has 0 saturated heterocycles. The summed E-state index contributed by atoms with van der Waals surface area (Å²) in [5, 5.41) is 14.3. The van der Waals surface area contributed by atoms with Gasteiger partial charge in [0.05, 0.1) is 0 Å². The number of carbonyl (C=O) groups excluding carboxylic acids is 1. The molecule has 3 rings (SSSR count). The molecule has 1 heterocycles.